The summed E-state index contributed by atoms with van der Waals surface area (Å²) in [6.45, 7) is 1.80. The van der Waals surface area contributed by atoms with E-state index in [1.165, 1.54) is 37.6 Å². The van der Waals surface area contributed by atoms with Gasteiger partial charge in [-0.2, -0.15) is 0 Å². The summed E-state index contributed by atoms with van der Waals surface area (Å²) in [4.78, 5) is 32.8. The van der Waals surface area contributed by atoms with Gasteiger partial charge in [0.1, 0.15) is 11.5 Å². The van der Waals surface area contributed by atoms with Crippen LogP contribution in [-0.4, -0.2) is 50.2 Å². The van der Waals surface area contributed by atoms with E-state index < -0.39 is 17.7 Å². The highest BCUT2D eigenvalue weighted by molar-refractivity contribution is 7.14. The summed E-state index contributed by atoms with van der Waals surface area (Å²) in [6.07, 6.45) is 0. The zero-order chi connectivity index (χ0) is 27.8. The molecule has 1 unspecified atom stereocenters. The molecule has 0 aliphatic carbocycles. The maximum Gasteiger partial charge on any atom is 0.301 e. The topological polar surface area (TPSA) is 107 Å². The van der Waals surface area contributed by atoms with Gasteiger partial charge in [0.2, 0.25) is 5.75 Å². The number of ketones is 1. The number of nitrogens with zero attached hydrogens (tertiary/aromatic N) is 2. The number of carbonyl (C=O) groups excluding carboxylic acids is 2. The minimum Gasteiger partial charge on any atom is -0.507 e. The number of amides is 1. The molecule has 1 N–H and O–H groups in total. The normalized spacial score (nSPS) is 16.5. The second-order valence-corrected chi connectivity index (χ2v) is 9.66. The fraction of sp³-hybridized carbons (Fsp3) is 0.207. The number of ether oxygens (including phenoxy) is 4. The molecular formula is C29H26N2O7S. The molecule has 10 heteroatoms. The average molecular weight is 547 g/mol. The molecule has 0 radical (unpaired) electrons. The second-order valence-electron chi connectivity index (χ2n) is 8.83. The van der Waals surface area contributed by atoms with Crippen molar-refractivity contribution < 1.29 is 33.6 Å². The largest absolute Gasteiger partial charge is 0.507 e. The van der Waals surface area contributed by atoms with Crippen molar-refractivity contribution in [1.29, 1.82) is 0 Å². The predicted octanol–water partition coefficient (Wildman–Crippen LogP) is 5.27. The van der Waals surface area contributed by atoms with Crippen molar-refractivity contribution >= 4 is 44.7 Å². The number of hydrogen-bond donors (Lipinski definition) is 1. The summed E-state index contributed by atoms with van der Waals surface area (Å²) in [5, 5.41) is 15.4. The maximum absolute atomic E-state index is 13.5. The van der Waals surface area contributed by atoms with E-state index in [1.54, 1.807) is 43.7 Å². The van der Waals surface area contributed by atoms with Crippen molar-refractivity contribution in [3.63, 3.8) is 0 Å². The van der Waals surface area contributed by atoms with E-state index in [2.05, 4.69) is 4.98 Å². The second kappa shape index (κ2) is 10.3. The molecule has 200 valence electrons. The third kappa shape index (κ3) is 4.42. The van der Waals surface area contributed by atoms with E-state index in [9.17, 15) is 14.7 Å². The van der Waals surface area contributed by atoms with Gasteiger partial charge in [0.15, 0.2) is 16.6 Å². The lowest BCUT2D eigenvalue weighted by Crippen LogP contribution is -2.29. The zero-order valence-corrected chi connectivity index (χ0v) is 22.8. The Bertz CT molecular complexity index is 1620. The molecule has 1 atom stereocenters. The Labute approximate surface area is 228 Å². The molecule has 1 saturated heterocycles. The number of thiazole rings is 1. The quantitative estimate of drug-likeness (QED) is 0.190. The first kappa shape index (κ1) is 26.1. The lowest BCUT2D eigenvalue weighted by atomic mass is 9.94. The monoisotopic (exact) mass is 546 g/mol. The van der Waals surface area contributed by atoms with Crippen LogP contribution in [0.3, 0.4) is 0 Å². The molecule has 3 aromatic carbocycles. The number of fused-ring (bicyclic) bond motifs is 1. The Morgan fingerprint density at radius 3 is 2.15 bits per heavy atom. The number of benzene rings is 3. The minimum atomic E-state index is -1.00. The first-order valence-corrected chi connectivity index (χ1v) is 12.8. The predicted molar refractivity (Wildman–Crippen MR) is 148 cm³/mol. The number of aromatic nitrogens is 1. The number of hydrogen-bond acceptors (Lipinski definition) is 9. The third-order valence-corrected chi connectivity index (χ3v) is 7.54. The Morgan fingerprint density at radius 1 is 0.897 bits per heavy atom. The van der Waals surface area contributed by atoms with Gasteiger partial charge < -0.3 is 24.1 Å². The van der Waals surface area contributed by atoms with Crippen molar-refractivity contribution in [3.8, 4) is 23.0 Å². The van der Waals surface area contributed by atoms with Crippen LogP contribution >= 0.6 is 11.3 Å². The number of rotatable bonds is 7. The SMILES string of the molecule is COc1ccc2cc(/C(O)=C3\C(=O)C(=O)N(c4nc(C)cs4)C3c3cc(OC)c(OC)c(OC)c3)ccc2c1. The van der Waals surface area contributed by atoms with E-state index in [-0.39, 0.29) is 11.3 Å². The fourth-order valence-electron chi connectivity index (χ4n) is 4.71. The Kier molecular flexibility index (Phi) is 6.88. The van der Waals surface area contributed by atoms with Crippen LogP contribution in [0.1, 0.15) is 22.9 Å². The molecule has 1 aliphatic rings. The molecule has 39 heavy (non-hydrogen) atoms. The van der Waals surface area contributed by atoms with Crippen LogP contribution in [-0.2, 0) is 9.59 Å². The van der Waals surface area contributed by atoms with Crippen LogP contribution in [0, 0.1) is 6.92 Å². The van der Waals surface area contributed by atoms with Crippen LogP contribution in [0.4, 0.5) is 5.13 Å². The van der Waals surface area contributed by atoms with Gasteiger partial charge in [-0.15, -0.1) is 11.3 Å². The van der Waals surface area contributed by atoms with Gasteiger partial charge in [0.05, 0.1) is 45.7 Å². The van der Waals surface area contributed by atoms with Crippen LogP contribution in [0.15, 0.2) is 59.5 Å². The molecule has 2 heterocycles. The number of Topliss-reactive ketones (excluding diaryl/α,β-unsaturated/α-hetero) is 1. The highest BCUT2D eigenvalue weighted by atomic mass is 32.1. The smallest absolute Gasteiger partial charge is 0.301 e. The number of methoxy groups -OCH3 is 4. The summed E-state index contributed by atoms with van der Waals surface area (Å²) >= 11 is 1.23. The summed E-state index contributed by atoms with van der Waals surface area (Å²) in [5.74, 6) is -0.188. The number of aryl methyl sites for hydroxylation is 1. The van der Waals surface area contributed by atoms with Gasteiger partial charge >= 0.3 is 5.91 Å². The zero-order valence-electron chi connectivity index (χ0n) is 22.0. The van der Waals surface area contributed by atoms with Crippen molar-refractivity contribution in [2.45, 2.75) is 13.0 Å². The van der Waals surface area contributed by atoms with E-state index in [0.29, 0.717) is 45.0 Å². The molecule has 1 amide bonds. The number of anilines is 1. The summed E-state index contributed by atoms with van der Waals surface area (Å²) in [6, 6.07) is 13.1. The average Bonchev–Trinajstić information content (AvgIpc) is 3.50. The third-order valence-electron chi connectivity index (χ3n) is 6.58. The highest BCUT2D eigenvalue weighted by Gasteiger charge is 2.48. The van der Waals surface area contributed by atoms with Gasteiger partial charge in [0.25, 0.3) is 5.78 Å². The van der Waals surface area contributed by atoms with Crippen molar-refractivity contribution in [2.24, 2.45) is 0 Å². The molecule has 1 fully saturated rings. The Morgan fingerprint density at radius 2 is 1.56 bits per heavy atom. The molecule has 0 saturated carbocycles. The fourth-order valence-corrected chi connectivity index (χ4v) is 5.54. The van der Waals surface area contributed by atoms with E-state index >= 15 is 0 Å². The molecule has 1 aliphatic heterocycles. The molecule has 1 aromatic heterocycles. The maximum atomic E-state index is 13.5. The van der Waals surface area contributed by atoms with Crippen LogP contribution in [0.5, 0.6) is 23.0 Å². The highest BCUT2D eigenvalue weighted by Crippen LogP contribution is 2.47. The van der Waals surface area contributed by atoms with Gasteiger partial charge in [-0.25, -0.2) is 4.98 Å². The summed E-state index contributed by atoms with van der Waals surface area (Å²) in [5.41, 5.74) is 1.49. The number of aliphatic hydroxyl groups is 1. The van der Waals surface area contributed by atoms with Crippen LogP contribution in [0.2, 0.25) is 0 Å². The first-order chi connectivity index (χ1) is 18.8. The molecule has 5 rings (SSSR count). The van der Waals surface area contributed by atoms with Gasteiger partial charge in [-0.05, 0) is 53.6 Å². The molecule has 0 spiro atoms. The van der Waals surface area contributed by atoms with E-state index in [1.807, 2.05) is 24.3 Å². The van der Waals surface area contributed by atoms with Gasteiger partial charge in [0, 0.05) is 10.9 Å². The van der Waals surface area contributed by atoms with E-state index in [4.69, 9.17) is 18.9 Å². The van der Waals surface area contributed by atoms with Crippen molar-refractivity contribution in [1.82, 2.24) is 4.98 Å². The minimum absolute atomic E-state index is 0.0741. The molecule has 0 bridgehead atoms. The lowest BCUT2D eigenvalue weighted by molar-refractivity contribution is -0.132. The van der Waals surface area contributed by atoms with Gasteiger partial charge in [-0.3, -0.25) is 14.5 Å². The summed E-state index contributed by atoms with van der Waals surface area (Å²) < 4.78 is 21.8. The van der Waals surface area contributed by atoms with Gasteiger partial charge in [-0.1, -0.05) is 18.2 Å². The van der Waals surface area contributed by atoms with Crippen LogP contribution in [0.25, 0.3) is 16.5 Å². The number of carbonyl (C=O) groups is 2. The lowest BCUT2D eigenvalue weighted by Gasteiger charge is -2.24. The summed E-state index contributed by atoms with van der Waals surface area (Å²) in [7, 11) is 6.03. The molecule has 4 aromatic rings. The Balaban J connectivity index is 1.75. The molecule has 9 nitrogen and oxygen atoms in total. The van der Waals surface area contributed by atoms with Crippen molar-refractivity contribution in [3.05, 3.63) is 76.3 Å². The standard InChI is InChI=1S/C29H26N2O7S/c1-15-14-39-29(30-15)31-24(19-12-21(36-3)27(38-5)22(13-19)37-4)23(26(33)28(31)34)25(32)18-7-6-17-11-20(35-2)9-8-16(17)10-18/h6-14,24,32H,1-5H3/b25-23+. The van der Waals surface area contributed by atoms with Crippen molar-refractivity contribution in [2.75, 3.05) is 33.3 Å². The molecular weight excluding hydrogens is 520 g/mol. The van der Waals surface area contributed by atoms with Crippen LogP contribution < -0.4 is 23.8 Å². The Hall–Kier alpha value is -4.57. The first-order valence-electron chi connectivity index (χ1n) is 11.9. The van der Waals surface area contributed by atoms with E-state index in [0.717, 1.165) is 10.8 Å². The number of aliphatic hydroxyl groups excluding tert-OH is 1.